The minimum absolute atomic E-state index is 0.0675. The number of carbonyl (C=O) groups is 2. The van der Waals surface area contributed by atoms with E-state index in [2.05, 4.69) is 4.90 Å². The molecular weight excluding hydrogens is 268 g/mol. The molecule has 1 amide bonds. The van der Waals surface area contributed by atoms with Crippen LogP contribution in [0.1, 0.15) is 24.0 Å². The summed E-state index contributed by atoms with van der Waals surface area (Å²) < 4.78 is 0. The van der Waals surface area contributed by atoms with E-state index in [1.165, 1.54) is 0 Å². The number of hydrogen-bond donors (Lipinski definition) is 1. The highest BCUT2D eigenvalue weighted by molar-refractivity contribution is 5.79. The van der Waals surface area contributed by atoms with E-state index in [0.717, 1.165) is 43.7 Å². The zero-order chi connectivity index (χ0) is 14.8. The molecule has 1 atom stereocenters. The van der Waals surface area contributed by atoms with Crippen molar-refractivity contribution in [3.05, 3.63) is 35.4 Å². The maximum atomic E-state index is 11.7. The zero-order valence-corrected chi connectivity index (χ0v) is 12.0. The van der Waals surface area contributed by atoms with Gasteiger partial charge in [-0.05, 0) is 17.5 Å². The second-order valence-electron chi connectivity index (χ2n) is 5.85. The largest absolute Gasteiger partial charge is 0.481 e. The molecule has 2 saturated heterocycles. The van der Waals surface area contributed by atoms with Crippen LogP contribution in [0.3, 0.4) is 0 Å². The normalized spacial score (nSPS) is 22.4. The Hall–Kier alpha value is -1.88. The lowest BCUT2D eigenvalue weighted by Gasteiger charge is -2.37. The third kappa shape index (κ3) is 3.08. The Kier molecular flexibility index (Phi) is 3.92. The third-order valence-corrected chi connectivity index (χ3v) is 4.43. The second-order valence-corrected chi connectivity index (χ2v) is 5.85. The summed E-state index contributed by atoms with van der Waals surface area (Å²) in [5.74, 6) is -0.514. The molecule has 2 aliphatic heterocycles. The number of carboxylic acid groups (broad SMARTS) is 1. The lowest BCUT2D eigenvalue weighted by Crippen LogP contribution is -2.51. The van der Waals surface area contributed by atoms with Crippen LogP contribution < -0.4 is 0 Å². The van der Waals surface area contributed by atoms with E-state index in [-0.39, 0.29) is 12.3 Å². The number of carboxylic acids is 1. The average molecular weight is 288 g/mol. The van der Waals surface area contributed by atoms with Crippen molar-refractivity contribution in [2.45, 2.75) is 31.8 Å². The van der Waals surface area contributed by atoms with E-state index in [0.29, 0.717) is 12.5 Å². The first kappa shape index (κ1) is 14.1. The molecule has 5 nitrogen and oxygen atoms in total. The first-order chi connectivity index (χ1) is 10.1. The van der Waals surface area contributed by atoms with Crippen LogP contribution >= 0.6 is 0 Å². The molecule has 112 valence electrons. The molecule has 1 aromatic rings. The molecule has 0 aromatic heterocycles. The SMILES string of the molecule is O=C(O)Cc1ccccc1CN1CCN2C(=O)CCC2C1. The van der Waals surface area contributed by atoms with Crippen LogP contribution in [-0.4, -0.2) is 52.5 Å². The van der Waals surface area contributed by atoms with Crippen LogP contribution in [0, 0.1) is 0 Å². The molecule has 1 N–H and O–H groups in total. The highest BCUT2D eigenvalue weighted by Gasteiger charge is 2.35. The van der Waals surface area contributed by atoms with Crippen LogP contribution in [0.25, 0.3) is 0 Å². The zero-order valence-electron chi connectivity index (χ0n) is 12.0. The number of rotatable bonds is 4. The van der Waals surface area contributed by atoms with Crippen molar-refractivity contribution < 1.29 is 14.7 Å². The predicted octanol–water partition coefficient (Wildman–Crippen LogP) is 1.12. The minimum Gasteiger partial charge on any atom is -0.481 e. The van der Waals surface area contributed by atoms with Crippen molar-refractivity contribution in [3.8, 4) is 0 Å². The van der Waals surface area contributed by atoms with Crippen LogP contribution in [0.4, 0.5) is 0 Å². The van der Waals surface area contributed by atoms with Crippen molar-refractivity contribution in [3.63, 3.8) is 0 Å². The molecule has 0 bridgehead atoms. The second kappa shape index (κ2) is 5.85. The van der Waals surface area contributed by atoms with E-state index in [4.69, 9.17) is 5.11 Å². The number of piperazine rings is 1. The van der Waals surface area contributed by atoms with E-state index in [1.807, 2.05) is 29.2 Å². The number of aliphatic carboxylic acids is 1. The summed E-state index contributed by atoms with van der Waals surface area (Å²) in [5.41, 5.74) is 1.97. The summed E-state index contributed by atoms with van der Waals surface area (Å²) in [4.78, 5) is 27.0. The molecule has 1 aromatic carbocycles. The van der Waals surface area contributed by atoms with Gasteiger partial charge in [0.1, 0.15) is 0 Å². The summed E-state index contributed by atoms with van der Waals surface area (Å²) in [6.45, 7) is 3.32. The van der Waals surface area contributed by atoms with Crippen LogP contribution in [0.5, 0.6) is 0 Å². The Morgan fingerprint density at radius 2 is 2.00 bits per heavy atom. The smallest absolute Gasteiger partial charge is 0.307 e. The third-order valence-electron chi connectivity index (χ3n) is 4.43. The lowest BCUT2D eigenvalue weighted by atomic mass is 10.0. The van der Waals surface area contributed by atoms with Gasteiger partial charge in [-0.15, -0.1) is 0 Å². The first-order valence-electron chi connectivity index (χ1n) is 7.44. The van der Waals surface area contributed by atoms with E-state index in [9.17, 15) is 9.59 Å². The molecule has 2 fully saturated rings. The van der Waals surface area contributed by atoms with Crippen LogP contribution in [0.15, 0.2) is 24.3 Å². The predicted molar refractivity (Wildman–Crippen MR) is 77.8 cm³/mol. The fraction of sp³-hybridized carbons (Fsp3) is 0.500. The summed E-state index contributed by atoms with van der Waals surface area (Å²) in [5, 5.41) is 8.99. The topological polar surface area (TPSA) is 60.9 Å². The quantitative estimate of drug-likeness (QED) is 0.902. The van der Waals surface area contributed by atoms with Gasteiger partial charge in [-0.25, -0.2) is 0 Å². The monoisotopic (exact) mass is 288 g/mol. The lowest BCUT2D eigenvalue weighted by molar-refractivity contribution is -0.136. The molecule has 0 saturated carbocycles. The maximum Gasteiger partial charge on any atom is 0.307 e. The number of nitrogens with zero attached hydrogens (tertiary/aromatic N) is 2. The van der Waals surface area contributed by atoms with Gasteiger partial charge in [0.15, 0.2) is 0 Å². The standard InChI is InChI=1S/C16H20N2O3/c19-15-6-5-14-11-17(7-8-18(14)15)10-13-4-2-1-3-12(13)9-16(20)21/h1-4,14H,5-11H2,(H,20,21). The van der Waals surface area contributed by atoms with Gasteiger partial charge in [0, 0.05) is 38.6 Å². The van der Waals surface area contributed by atoms with Crippen LogP contribution in [-0.2, 0) is 22.6 Å². The number of benzene rings is 1. The summed E-state index contributed by atoms with van der Waals surface area (Å²) in [6.07, 6.45) is 1.69. The number of hydrogen-bond acceptors (Lipinski definition) is 3. The van der Waals surface area contributed by atoms with Gasteiger partial charge < -0.3 is 10.0 Å². The first-order valence-corrected chi connectivity index (χ1v) is 7.44. The fourth-order valence-electron chi connectivity index (χ4n) is 3.36. The molecule has 21 heavy (non-hydrogen) atoms. The van der Waals surface area contributed by atoms with Gasteiger partial charge in [0.05, 0.1) is 6.42 Å². The Labute approximate surface area is 124 Å². The van der Waals surface area contributed by atoms with Crippen molar-refractivity contribution in [1.82, 2.24) is 9.80 Å². The minimum atomic E-state index is -0.798. The summed E-state index contributed by atoms with van der Waals surface area (Å²) >= 11 is 0. The Morgan fingerprint density at radius 3 is 2.76 bits per heavy atom. The molecular formula is C16H20N2O3. The Bertz CT molecular complexity index is 558. The van der Waals surface area contributed by atoms with Crippen molar-refractivity contribution >= 4 is 11.9 Å². The van der Waals surface area contributed by atoms with Gasteiger partial charge >= 0.3 is 5.97 Å². The maximum absolute atomic E-state index is 11.7. The summed E-state index contributed by atoms with van der Waals surface area (Å²) in [7, 11) is 0. The molecule has 2 heterocycles. The van der Waals surface area contributed by atoms with E-state index in [1.54, 1.807) is 0 Å². The molecule has 1 unspecified atom stereocenters. The fourth-order valence-corrected chi connectivity index (χ4v) is 3.36. The highest BCUT2D eigenvalue weighted by Crippen LogP contribution is 2.24. The highest BCUT2D eigenvalue weighted by atomic mass is 16.4. The molecule has 5 heteroatoms. The van der Waals surface area contributed by atoms with Crippen LogP contribution in [0.2, 0.25) is 0 Å². The van der Waals surface area contributed by atoms with Crippen molar-refractivity contribution in [2.75, 3.05) is 19.6 Å². The molecule has 0 spiro atoms. The van der Waals surface area contributed by atoms with Gasteiger partial charge in [0.2, 0.25) is 5.91 Å². The Morgan fingerprint density at radius 1 is 1.24 bits per heavy atom. The van der Waals surface area contributed by atoms with Gasteiger partial charge in [0.25, 0.3) is 0 Å². The van der Waals surface area contributed by atoms with Crippen molar-refractivity contribution in [2.24, 2.45) is 0 Å². The molecule has 2 aliphatic rings. The van der Waals surface area contributed by atoms with E-state index >= 15 is 0 Å². The van der Waals surface area contributed by atoms with Gasteiger partial charge in [-0.3, -0.25) is 14.5 Å². The average Bonchev–Trinajstić information content (AvgIpc) is 2.82. The van der Waals surface area contributed by atoms with E-state index < -0.39 is 5.97 Å². The molecule has 0 radical (unpaired) electrons. The Balaban J connectivity index is 1.67. The number of fused-ring (bicyclic) bond motifs is 1. The molecule has 0 aliphatic carbocycles. The summed E-state index contributed by atoms with van der Waals surface area (Å²) in [6, 6.07) is 8.08. The van der Waals surface area contributed by atoms with Gasteiger partial charge in [-0.1, -0.05) is 24.3 Å². The van der Waals surface area contributed by atoms with Crippen molar-refractivity contribution in [1.29, 1.82) is 0 Å². The number of amides is 1. The van der Waals surface area contributed by atoms with Gasteiger partial charge in [-0.2, -0.15) is 0 Å². The molecule has 3 rings (SSSR count). The number of carbonyl (C=O) groups excluding carboxylic acids is 1.